The Morgan fingerprint density at radius 3 is 2.69 bits per heavy atom. The number of rotatable bonds is 4. The number of methoxy groups -OCH3 is 1. The fourth-order valence-electron chi connectivity index (χ4n) is 3.58. The standard InChI is InChI=1S/C22H22N2O2/c1-26-20-8-6-16(7-9-20)12-22(25)24-11-10-19(15-24)21-13-17-4-2-3-5-18(17)14-23-21/h2-9,13-14,19H,10-12,15H2,1H3/t19-/m0/s1. The van der Waals surface area contributed by atoms with Gasteiger partial charge in [-0.15, -0.1) is 0 Å². The number of benzene rings is 2. The zero-order valence-electron chi connectivity index (χ0n) is 14.9. The molecule has 0 unspecified atom stereocenters. The van der Waals surface area contributed by atoms with Gasteiger partial charge in [-0.2, -0.15) is 0 Å². The number of hydrogen-bond acceptors (Lipinski definition) is 3. The SMILES string of the molecule is COc1ccc(CC(=O)N2CC[C@H](c3cc4ccccc4cn3)C2)cc1. The van der Waals surface area contributed by atoms with Crippen LogP contribution >= 0.6 is 0 Å². The molecule has 0 N–H and O–H groups in total. The first-order valence-corrected chi connectivity index (χ1v) is 8.98. The monoisotopic (exact) mass is 346 g/mol. The second-order valence-electron chi connectivity index (χ2n) is 6.81. The normalized spacial score (nSPS) is 16.8. The van der Waals surface area contributed by atoms with Crippen molar-refractivity contribution in [2.24, 2.45) is 0 Å². The van der Waals surface area contributed by atoms with Gasteiger partial charge in [-0.05, 0) is 35.6 Å². The predicted molar refractivity (Wildman–Crippen MR) is 102 cm³/mol. The van der Waals surface area contributed by atoms with Crippen molar-refractivity contribution in [1.29, 1.82) is 0 Å². The molecule has 1 fully saturated rings. The van der Waals surface area contributed by atoms with Crippen molar-refractivity contribution in [3.05, 3.63) is 72.1 Å². The summed E-state index contributed by atoms with van der Waals surface area (Å²) in [5.74, 6) is 1.31. The molecule has 4 nitrogen and oxygen atoms in total. The lowest BCUT2D eigenvalue weighted by Crippen LogP contribution is -2.29. The molecule has 1 aromatic heterocycles. The third kappa shape index (κ3) is 3.40. The number of likely N-dealkylation sites (tertiary alicyclic amines) is 1. The van der Waals surface area contributed by atoms with Crippen molar-refractivity contribution in [2.45, 2.75) is 18.8 Å². The molecule has 1 saturated heterocycles. The van der Waals surface area contributed by atoms with Crippen LogP contribution < -0.4 is 4.74 Å². The number of carbonyl (C=O) groups is 1. The van der Waals surface area contributed by atoms with E-state index in [2.05, 4.69) is 23.2 Å². The molecular weight excluding hydrogens is 324 g/mol. The van der Waals surface area contributed by atoms with Crippen molar-refractivity contribution < 1.29 is 9.53 Å². The van der Waals surface area contributed by atoms with Crippen molar-refractivity contribution in [1.82, 2.24) is 9.88 Å². The van der Waals surface area contributed by atoms with Crippen LogP contribution in [0.1, 0.15) is 23.6 Å². The highest BCUT2D eigenvalue weighted by Gasteiger charge is 2.28. The Balaban J connectivity index is 1.42. The maximum absolute atomic E-state index is 12.6. The number of fused-ring (bicyclic) bond motifs is 1. The van der Waals surface area contributed by atoms with Gasteiger partial charge in [0.05, 0.1) is 13.5 Å². The summed E-state index contributed by atoms with van der Waals surface area (Å²) in [6, 6.07) is 18.1. The van der Waals surface area contributed by atoms with E-state index in [4.69, 9.17) is 4.74 Å². The fourth-order valence-corrected chi connectivity index (χ4v) is 3.58. The van der Waals surface area contributed by atoms with Gasteiger partial charge in [0, 0.05) is 36.3 Å². The minimum atomic E-state index is 0.179. The molecule has 1 aliphatic rings. The summed E-state index contributed by atoms with van der Waals surface area (Å²) in [6.07, 6.45) is 3.34. The van der Waals surface area contributed by atoms with E-state index >= 15 is 0 Å². The molecule has 4 rings (SSSR count). The van der Waals surface area contributed by atoms with Crippen molar-refractivity contribution in [3.63, 3.8) is 0 Å². The van der Waals surface area contributed by atoms with Crippen LogP contribution in [-0.2, 0) is 11.2 Å². The molecule has 0 spiro atoms. The highest BCUT2D eigenvalue weighted by molar-refractivity contribution is 5.82. The molecule has 1 aliphatic heterocycles. The van der Waals surface area contributed by atoms with E-state index in [1.54, 1.807) is 7.11 Å². The van der Waals surface area contributed by atoms with Crippen molar-refractivity contribution in [3.8, 4) is 5.75 Å². The van der Waals surface area contributed by atoms with E-state index in [-0.39, 0.29) is 5.91 Å². The summed E-state index contributed by atoms with van der Waals surface area (Å²) >= 11 is 0. The highest BCUT2D eigenvalue weighted by Crippen LogP contribution is 2.28. The van der Waals surface area contributed by atoms with Crippen LogP contribution in [0.2, 0.25) is 0 Å². The molecule has 0 radical (unpaired) electrons. The zero-order chi connectivity index (χ0) is 17.9. The maximum Gasteiger partial charge on any atom is 0.227 e. The highest BCUT2D eigenvalue weighted by atomic mass is 16.5. The van der Waals surface area contributed by atoms with Crippen molar-refractivity contribution in [2.75, 3.05) is 20.2 Å². The molecule has 0 aliphatic carbocycles. The Labute approximate surface area is 153 Å². The second kappa shape index (κ2) is 7.16. The van der Waals surface area contributed by atoms with Gasteiger partial charge in [-0.1, -0.05) is 36.4 Å². The number of aromatic nitrogens is 1. The van der Waals surface area contributed by atoms with Gasteiger partial charge in [0.25, 0.3) is 0 Å². The molecule has 4 heteroatoms. The van der Waals surface area contributed by atoms with Gasteiger partial charge in [-0.3, -0.25) is 9.78 Å². The van der Waals surface area contributed by atoms with Crippen LogP contribution in [0.3, 0.4) is 0 Å². The Morgan fingerprint density at radius 1 is 1.15 bits per heavy atom. The van der Waals surface area contributed by atoms with Crippen LogP contribution in [0, 0.1) is 0 Å². The molecule has 3 aromatic rings. The minimum Gasteiger partial charge on any atom is -0.497 e. The fraction of sp³-hybridized carbons (Fsp3) is 0.273. The quantitative estimate of drug-likeness (QED) is 0.721. The molecule has 0 bridgehead atoms. The van der Waals surface area contributed by atoms with Gasteiger partial charge in [0.15, 0.2) is 0 Å². The lowest BCUT2D eigenvalue weighted by Gasteiger charge is -2.17. The predicted octanol–water partition coefficient (Wildman–Crippen LogP) is 3.80. The molecule has 0 saturated carbocycles. The maximum atomic E-state index is 12.6. The van der Waals surface area contributed by atoms with Gasteiger partial charge in [0.2, 0.25) is 5.91 Å². The first-order valence-electron chi connectivity index (χ1n) is 8.98. The average Bonchev–Trinajstić information content (AvgIpc) is 3.18. The summed E-state index contributed by atoms with van der Waals surface area (Å²) in [7, 11) is 1.64. The van der Waals surface area contributed by atoms with Crippen LogP contribution in [0.4, 0.5) is 0 Å². The zero-order valence-corrected chi connectivity index (χ0v) is 14.9. The van der Waals surface area contributed by atoms with E-state index in [9.17, 15) is 4.79 Å². The third-order valence-electron chi connectivity index (χ3n) is 5.13. The van der Waals surface area contributed by atoms with E-state index in [1.807, 2.05) is 47.5 Å². The Morgan fingerprint density at radius 2 is 1.92 bits per heavy atom. The summed E-state index contributed by atoms with van der Waals surface area (Å²) in [6.45, 7) is 1.55. The van der Waals surface area contributed by atoms with Crippen LogP contribution in [0.5, 0.6) is 5.75 Å². The molecule has 1 amide bonds. The lowest BCUT2D eigenvalue weighted by atomic mass is 10.0. The van der Waals surface area contributed by atoms with E-state index in [1.165, 1.54) is 5.39 Å². The summed E-state index contributed by atoms with van der Waals surface area (Å²) in [5, 5.41) is 2.36. The number of pyridine rings is 1. The Hall–Kier alpha value is -2.88. The molecular formula is C22H22N2O2. The first kappa shape index (κ1) is 16.6. The number of hydrogen-bond donors (Lipinski definition) is 0. The second-order valence-corrected chi connectivity index (χ2v) is 6.81. The van der Waals surface area contributed by atoms with Gasteiger partial charge >= 0.3 is 0 Å². The summed E-state index contributed by atoms with van der Waals surface area (Å²) in [5.41, 5.74) is 2.10. The smallest absolute Gasteiger partial charge is 0.227 e. The van der Waals surface area contributed by atoms with E-state index in [0.717, 1.165) is 41.9 Å². The summed E-state index contributed by atoms with van der Waals surface area (Å²) in [4.78, 5) is 19.2. The molecule has 26 heavy (non-hydrogen) atoms. The third-order valence-corrected chi connectivity index (χ3v) is 5.13. The molecule has 2 heterocycles. The number of amides is 1. The average molecular weight is 346 g/mol. The first-order chi connectivity index (χ1) is 12.7. The van der Waals surface area contributed by atoms with E-state index < -0.39 is 0 Å². The molecule has 2 aromatic carbocycles. The van der Waals surface area contributed by atoms with Gasteiger partial charge < -0.3 is 9.64 Å². The van der Waals surface area contributed by atoms with E-state index in [0.29, 0.717) is 12.3 Å². The Bertz CT molecular complexity index is 921. The number of nitrogens with zero attached hydrogens (tertiary/aromatic N) is 2. The number of carbonyl (C=O) groups excluding carboxylic acids is 1. The lowest BCUT2D eigenvalue weighted by molar-refractivity contribution is -0.129. The van der Waals surface area contributed by atoms with Gasteiger partial charge in [-0.25, -0.2) is 0 Å². The van der Waals surface area contributed by atoms with Crippen molar-refractivity contribution >= 4 is 16.7 Å². The number of ether oxygens (including phenoxy) is 1. The molecule has 132 valence electrons. The van der Waals surface area contributed by atoms with Crippen LogP contribution in [-0.4, -0.2) is 36.0 Å². The summed E-state index contributed by atoms with van der Waals surface area (Å²) < 4.78 is 5.17. The minimum absolute atomic E-state index is 0.179. The van der Waals surface area contributed by atoms with Gasteiger partial charge in [0.1, 0.15) is 5.75 Å². The van der Waals surface area contributed by atoms with Crippen LogP contribution in [0.15, 0.2) is 60.8 Å². The Kier molecular flexibility index (Phi) is 4.57. The topological polar surface area (TPSA) is 42.4 Å². The van der Waals surface area contributed by atoms with Crippen LogP contribution in [0.25, 0.3) is 10.8 Å². The molecule has 1 atom stereocenters. The largest absolute Gasteiger partial charge is 0.497 e.